The zero-order chi connectivity index (χ0) is 10.8. The summed E-state index contributed by atoms with van der Waals surface area (Å²) in [7, 11) is -2.26. The van der Waals surface area contributed by atoms with E-state index in [1.807, 2.05) is 0 Å². The molecule has 1 aromatic rings. The summed E-state index contributed by atoms with van der Waals surface area (Å²) >= 11 is 5.72. The molecule has 0 spiro atoms. The lowest BCUT2D eigenvalue weighted by Gasteiger charge is -2.06. The zero-order valence-electron chi connectivity index (χ0n) is 7.32. The molecule has 1 rings (SSSR count). The zero-order valence-corrected chi connectivity index (χ0v) is 8.89. The van der Waals surface area contributed by atoms with Crippen LogP contribution in [0, 0.1) is 0 Å². The summed E-state index contributed by atoms with van der Waals surface area (Å²) in [6.45, 7) is 0. The summed E-state index contributed by atoms with van der Waals surface area (Å²) in [5.74, 6) is 5.14. The fourth-order valence-corrected chi connectivity index (χ4v) is 1.72. The second-order valence-corrected chi connectivity index (χ2v) is 4.54. The molecule has 0 aliphatic carbocycles. The van der Waals surface area contributed by atoms with Gasteiger partial charge in [0.25, 0.3) is 10.0 Å². The van der Waals surface area contributed by atoms with Crippen molar-refractivity contribution in [3.05, 3.63) is 23.2 Å². The topological polar surface area (TPSA) is 81.4 Å². The largest absolute Gasteiger partial charge is 0.495 e. The van der Waals surface area contributed by atoms with Gasteiger partial charge in [0.2, 0.25) is 0 Å². The number of benzene rings is 1. The predicted octanol–water partition coefficient (Wildman–Crippen LogP) is 0.501. The highest BCUT2D eigenvalue weighted by Gasteiger charge is 2.13. The Morgan fingerprint density at radius 2 is 2.14 bits per heavy atom. The second-order valence-electron chi connectivity index (χ2n) is 2.42. The number of hydrogen-bond donors (Lipinski definition) is 2. The van der Waals surface area contributed by atoms with Crippen LogP contribution < -0.4 is 15.4 Å². The van der Waals surface area contributed by atoms with Crippen molar-refractivity contribution in [1.29, 1.82) is 0 Å². The van der Waals surface area contributed by atoms with E-state index in [-0.39, 0.29) is 10.6 Å². The average molecular weight is 237 g/mol. The standard InChI is InChI=1S/C7H9ClN2O3S/c1-13-7-4-5(2-3-6(7)8)14(11,12)10-9/h2-4,10H,9H2,1H3. The van der Waals surface area contributed by atoms with E-state index < -0.39 is 10.0 Å². The van der Waals surface area contributed by atoms with Gasteiger partial charge in [-0.3, -0.25) is 5.84 Å². The normalized spacial score (nSPS) is 11.4. The Morgan fingerprint density at radius 3 is 2.64 bits per heavy atom. The van der Waals surface area contributed by atoms with Gasteiger partial charge in [-0.1, -0.05) is 11.6 Å². The lowest BCUT2D eigenvalue weighted by Crippen LogP contribution is -2.30. The predicted molar refractivity (Wildman–Crippen MR) is 52.5 cm³/mol. The van der Waals surface area contributed by atoms with Crippen molar-refractivity contribution in [2.24, 2.45) is 5.84 Å². The summed E-state index contributed by atoms with van der Waals surface area (Å²) in [5.41, 5.74) is 0. The van der Waals surface area contributed by atoms with E-state index >= 15 is 0 Å². The molecule has 0 saturated carbocycles. The quantitative estimate of drug-likeness (QED) is 0.592. The molecule has 5 nitrogen and oxygen atoms in total. The molecule has 0 fully saturated rings. The highest BCUT2D eigenvalue weighted by atomic mass is 35.5. The Morgan fingerprint density at radius 1 is 1.50 bits per heavy atom. The number of nitrogens with one attached hydrogen (secondary N) is 1. The maximum atomic E-state index is 11.2. The van der Waals surface area contributed by atoms with Crippen LogP contribution >= 0.6 is 11.6 Å². The number of nitrogens with two attached hydrogens (primary N) is 1. The van der Waals surface area contributed by atoms with Gasteiger partial charge < -0.3 is 4.74 Å². The number of hydrogen-bond acceptors (Lipinski definition) is 4. The lowest BCUT2D eigenvalue weighted by atomic mass is 10.3. The smallest absolute Gasteiger partial charge is 0.253 e. The van der Waals surface area contributed by atoms with Gasteiger partial charge in [-0.15, -0.1) is 0 Å². The molecule has 0 amide bonds. The Kier molecular flexibility index (Phi) is 3.33. The minimum Gasteiger partial charge on any atom is -0.495 e. The second kappa shape index (κ2) is 4.14. The molecular formula is C7H9ClN2O3S. The van der Waals surface area contributed by atoms with Crippen LogP contribution in [0.3, 0.4) is 0 Å². The summed E-state index contributed by atoms with van der Waals surface area (Å²) in [6.07, 6.45) is 0. The molecule has 0 unspecified atom stereocenters. The van der Waals surface area contributed by atoms with E-state index in [0.717, 1.165) is 0 Å². The first-order valence-corrected chi connectivity index (χ1v) is 5.43. The Balaban J connectivity index is 3.26. The van der Waals surface area contributed by atoms with Gasteiger partial charge in [-0.05, 0) is 12.1 Å². The van der Waals surface area contributed by atoms with Crippen LogP contribution in [-0.2, 0) is 10.0 Å². The molecule has 78 valence electrons. The van der Waals surface area contributed by atoms with Gasteiger partial charge in [-0.25, -0.2) is 8.42 Å². The van der Waals surface area contributed by atoms with Crippen molar-refractivity contribution < 1.29 is 13.2 Å². The van der Waals surface area contributed by atoms with Crippen LogP contribution in [0.4, 0.5) is 0 Å². The molecule has 0 bridgehead atoms. The van der Waals surface area contributed by atoms with Crippen LogP contribution in [0.5, 0.6) is 5.75 Å². The summed E-state index contributed by atoms with van der Waals surface area (Å²) in [6, 6.07) is 4.04. The van der Waals surface area contributed by atoms with E-state index in [1.54, 1.807) is 4.83 Å². The van der Waals surface area contributed by atoms with Crippen molar-refractivity contribution in [3.63, 3.8) is 0 Å². The first-order chi connectivity index (χ1) is 6.51. The summed E-state index contributed by atoms with van der Waals surface area (Å²) in [4.78, 5) is 1.70. The van der Waals surface area contributed by atoms with E-state index in [1.165, 1.54) is 25.3 Å². The number of ether oxygens (including phenoxy) is 1. The SMILES string of the molecule is COc1cc(S(=O)(=O)NN)ccc1Cl. The van der Waals surface area contributed by atoms with Gasteiger partial charge in [0.05, 0.1) is 17.0 Å². The van der Waals surface area contributed by atoms with Gasteiger partial charge in [0, 0.05) is 6.07 Å². The highest BCUT2D eigenvalue weighted by Crippen LogP contribution is 2.26. The van der Waals surface area contributed by atoms with E-state index in [4.69, 9.17) is 22.2 Å². The Bertz CT molecular complexity index is 433. The van der Waals surface area contributed by atoms with Crippen LogP contribution in [0.2, 0.25) is 5.02 Å². The maximum Gasteiger partial charge on any atom is 0.253 e. The molecule has 0 heterocycles. The van der Waals surface area contributed by atoms with Gasteiger partial charge >= 0.3 is 0 Å². The van der Waals surface area contributed by atoms with Crippen molar-refractivity contribution >= 4 is 21.6 Å². The van der Waals surface area contributed by atoms with Crippen LogP contribution in [0.25, 0.3) is 0 Å². The minimum atomic E-state index is -3.66. The van der Waals surface area contributed by atoms with Crippen molar-refractivity contribution in [1.82, 2.24) is 4.83 Å². The van der Waals surface area contributed by atoms with Crippen LogP contribution in [0.15, 0.2) is 23.1 Å². The third-order valence-corrected chi connectivity index (χ3v) is 3.09. The molecule has 1 aromatic carbocycles. The Hall–Kier alpha value is -0.820. The summed E-state index contributed by atoms with van der Waals surface area (Å²) < 4.78 is 27.4. The number of methoxy groups -OCH3 is 1. The van der Waals surface area contributed by atoms with Crippen LogP contribution in [-0.4, -0.2) is 15.5 Å². The van der Waals surface area contributed by atoms with Gasteiger partial charge in [-0.2, -0.15) is 4.83 Å². The van der Waals surface area contributed by atoms with Crippen LogP contribution in [0.1, 0.15) is 0 Å². The average Bonchev–Trinajstić information content (AvgIpc) is 2.18. The molecule has 0 aliphatic heterocycles. The monoisotopic (exact) mass is 236 g/mol. The first kappa shape index (κ1) is 11.3. The molecule has 0 aliphatic rings. The third-order valence-electron chi connectivity index (χ3n) is 1.59. The van der Waals surface area contributed by atoms with E-state index in [2.05, 4.69) is 0 Å². The van der Waals surface area contributed by atoms with Crippen molar-refractivity contribution in [2.45, 2.75) is 4.90 Å². The molecule has 0 saturated heterocycles. The van der Waals surface area contributed by atoms with Crippen molar-refractivity contribution in [3.8, 4) is 5.75 Å². The highest BCUT2D eigenvalue weighted by molar-refractivity contribution is 7.89. The van der Waals surface area contributed by atoms with Gasteiger partial charge in [0.1, 0.15) is 5.75 Å². The summed E-state index contributed by atoms with van der Waals surface area (Å²) in [5, 5.41) is 0.337. The fraction of sp³-hybridized carbons (Fsp3) is 0.143. The third kappa shape index (κ3) is 2.16. The molecule has 0 aromatic heterocycles. The fourth-order valence-electron chi connectivity index (χ4n) is 0.875. The molecular weight excluding hydrogens is 228 g/mol. The van der Waals surface area contributed by atoms with Crippen molar-refractivity contribution in [2.75, 3.05) is 7.11 Å². The maximum absolute atomic E-state index is 11.2. The lowest BCUT2D eigenvalue weighted by molar-refractivity contribution is 0.413. The molecule has 3 N–H and O–H groups in total. The van der Waals surface area contributed by atoms with E-state index in [0.29, 0.717) is 5.02 Å². The molecule has 14 heavy (non-hydrogen) atoms. The number of halogens is 1. The first-order valence-electron chi connectivity index (χ1n) is 3.57. The Labute approximate surface area is 86.8 Å². The molecule has 7 heteroatoms. The van der Waals surface area contributed by atoms with Gasteiger partial charge in [0.15, 0.2) is 0 Å². The van der Waals surface area contributed by atoms with E-state index in [9.17, 15) is 8.42 Å². The molecule has 0 atom stereocenters. The number of hydrazine groups is 1. The number of sulfonamides is 1. The molecule has 0 radical (unpaired) electrons. The minimum absolute atomic E-state index is 0.00116. The number of rotatable bonds is 3.